The molecule has 0 aliphatic heterocycles. The number of rotatable bonds is 3. The first-order valence-electron chi connectivity index (χ1n) is 7.62. The molecule has 1 N–H and O–H groups in total. The Morgan fingerprint density at radius 1 is 1.04 bits per heavy atom. The summed E-state index contributed by atoms with van der Waals surface area (Å²) in [6.07, 6.45) is 0.812. The minimum Gasteiger partial charge on any atom is -0.360 e. The van der Waals surface area contributed by atoms with Crippen molar-refractivity contribution >= 4 is 15.7 Å². The van der Waals surface area contributed by atoms with Crippen LogP contribution < -0.4 is 4.72 Å². The Balaban J connectivity index is 1.69. The maximum atomic E-state index is 12.6. The van der Waals surface area contributed by atoms with Gasteiger partial charge < -0.3 is 4.52 Å². The molecule has 1 aliphatic carbocycles. The van der Waals surface area contributed by atoms with E-state index in [-0.39, 0.29) is 10.7 Å². The number of aromatic nitrogens is 1. The SMILES string of the molecule is Cc1noc(C)c1S(=O)(=O)Nc1ccc2c(c1)Cc1ccccc1-2. The standard InChI is InChI=1S/C18H16N2O3S/c1-11-18(12(2)23-19-11)24(21,22)20-15-7-8-17-14(10-15)9-13-5-3-4-6-16(13)17/h3-8,10,20H,9H2,1-2H3. The lowest BCUT2D eigenvalue weighted by atomic mass is 10.1. The Labute approximate surface area is 140 Å². The highest BCUT2D eigenvalue weighted by molar-refractivity contribution is 7.92. The van der Waals surface area contributed by atoms with Crippen LogP contribution in [0.5, 0.6) is 0 Å². The minimum atomic E-state index is -3.72. The van der Waals surface area contributed by atoms with E-state index < -0.39 is 10.0 Å². The summed E-state index contributed by atoms with van der Waals surface area (Å²) in [5, 5.41) is 3.71. The fourth-order valence-electron chi connectivity index (χ4n) is 3.27. The molecular weight excluding hydrogens is 324 g/mol. The average molecular weight is 340 g/mol. The molecule has 0 amide bonds. The average Bonchev–Trinajstić information content (AvgIpc) is 3.06. The second kappa shape index (κ2) is 5.21. The van der Waals surface area contributed by atoms with Crippen LogP contribution in [-0.2, 0) is 16.4 Å². The highest BCUT2D eigenvalue weighted by Gasteiger charge is 2.25. The molecule has 24 heavy (non-hydrogen) atoms. The maximum Gasteiger partial charge on any atom is 0.267 e. The predicted octanol–water partition coefficient (Wildman–Crippen LogP) is 3.66. The summed E-state index contributed by atoms with van der Waals surface area (Å²) in [5.41, 5.74) is 5.65. The van der Waals surface area contributed by atoms with Gasteiger partial charge in [0.25, 0.3) is 10.0 Å². The van der Waals surface area contributed by atoms with E-state index >= 15 is 0 Å². The molecule has 0 spiro atoms. The largest absolute Gasteiger partial charge is 0.360 e. The molecule has 0 bridgehead atoms. The van der Waals surface area contributed by atoms with Crippen LogP contribution in [0.15, 0.2) is 51.9 Å². The molecule has 3 aromatic rings. The quantitative estimate of drug-likeness (QED) is 0.618. The van der Waals surface area contributed by atoms with Gasteiger partial charge in [-0.3, -0.25) is 4.72 Å². The second-order valence-electron chi connectivity index (χ2n) is 5.96. The number of benzene rings is 2. The molecular formula is C18H16N2O3S. The molecule has 0 unspecified atom stereocenters. The van der Waals surface area contributed by atoms with Gasteiger partial charge in [0.05, 0.1) is 0 Å². The van der Waals surface area contributed by atoms with E-state index in [0.717, 1.165) is 17.5 Å². The van der Waals surface area contributed by atoms with Crippen LogP contribution in [0.3, 0.4) is 0 Å². The molecule has 0 saturated carbocycles. The topological polar surface area (TPSA) is 72.2 Å². The molecule has 0 saturated heterocycles. The first kappa shape index (κ1) is 15.0. The highest BCUT2D eigenvalue weighted by Crippen LogP contribution is 2.38. The Bertz CT molecular complexity index is 1030. The van der Waals surface area contributed by atoms with E-state index in [1.807, 2.05) is 24.3 Å². The van der Waals surface area contributed by atoms with Crippen molar-refractivity contribution in [1.82, 2.24) is 5.16 Å². The number of aryl methyl sites for hydroxylation is 2. The van der Waals surface area contributed by atoms with Crippen molar-refractivity contribution in [1.29, 1.82) is 0 Å². The second-order valence-corrected chi connectivity index (χ2v) is 7.58. The summed E-state index contributed by atoms with van der Waals surface area (Å²) in [7, 11) is -3.72. The lowest BCUT2D eigenvalue weighted by Crippen LogP contribution is -2.14. The van der Waals surface area contributed by atoms with Gasteiger partial charge in [0.2, 0.25) is 0 Å². The zero-order valence-electron chi connectivity index (χ0n) is 13.3. The summed E-state index contributed by atoms with van der Waals surface area (Å²) >= 11 is 0. The number of nitrogens with one attached hydrogen (secondary N) is 1. The van der Waals surface area contributed by atoms with Crippen LogP contribution >= 0.6 is 0 Å². The van der Waals surface area contributed by atoms with E-state index in [0.29, 0.717) is 11.4 Å². The predicted molar refractivity (Wildman–Crippen MR) is 91.5 cm³/mol. The van der Waals surface area contributed by atoms with E-state index in [2.05, 4.69) is 22.0 Å². The summed E-state index contributed by atoms with van der Waals surface area (Å²) in [4.78, 5) is 0.103. The van der Waals surface area contributed by atoms with Crippen molar-refractivity contribution < 1.29 is 12.9 Å². The molecule has 1 aromatic heterocycles. The Morgan fingerprint density at radius 3 is 2.54 bits per heavy atom. The summed E-state index contributed by atoms with van der Waals surface area (Å²) < 4.78 is 32.8. The summed E-state index contributed by atoms with van der Waals surface area (Å²) in [5.74, 6) is 0.286. The molecule has 1 aliphatic rings. The van der Waals surface area contributed by atoms with Gasteiger partial charge in [0.1, 0.15) is 5.69 Å². The first-order chi connectivity index (χ1) is 11.5. The van der Waals surface area contributed by atoms with Crippen LogP contribution in [0.1, 0.15) is 22.6 Å². The Morgan fingerprint density at radius 2 is 1.79 bits per heavy atom. The van der Waals surface area contributed by atoms with Crippen molar-refractivity contribution in [3.8, 4) is 11.1 Å². The highest BCUT2D eigenvalue weighted by atomic mass is 32.2. The fourth-order valence-corrected chi connectivity index (χ4v) is 4.65. The minimum absolute atomic E-state index is 0.103. The molecule has 5 nitrogen and oxygen atoms in total. The monoisotopic (exact) mass is 340 g/mol. The van der Waals surface area contributed by atoms with E-state index in [1.165, 1.54) is 11.1 Å². The lowest BCUT2D eigenvalue weighted by molar-refractivity contribution is 0.390. The van der Waals surface area contributed by atoms with Crippen LogP contribution in [0, 0.1) is 13.8 Å². The van der Waals surface area contributed by atoms with Gasteiger partial charge >= 0.3 is 0 Å². The van der Waals surface area contributed by atoms with Crippen molar-refractivity contribution in [3.05, 3.63) is 65.0 Å². The van der Waals surface area contributed by atoms with Crippen molar-refractivity contribution in [2.75, 3.05) is 4.72 Å². The van der Waals surface area contributed by atoms with Gasteiger partial charge in [-0.2, -0.15) is 0 Å². The van der Waals surface area contributed by atoms with Gasteiger partial charge in [-0.1, -0.05) is 35.5 Å². The first-order valence-corrected chi connectivity index (χ1v) is 9.11. The van der Waals surface area contributed by atoms with E-state index in [1.54, 1.807) is 19.9 Å². The number of anilines is 1. The lowest BCUT2D eigenvalue weighted by Gasteiger charge is -2.09. The third kappa shape index (κ3) is 2.30. The zero-order chi connectivity index (χ0) is 16.9. The van der Waals surface area contributed by atoms with E-state index in [9.17, 15) is 8.42 Å². The summed E-state index contributed by atoms with van der Waals surface area (Å²) in [6.45, 7) is 3.21. The van der Waals surface area contributed by atoms with Crippen LogP contribution in [-0.4, -0.2) is 13.6 Å². The molecule has 6 heteroatoms. The molecule has 4 rings (SSSR count). The smallest absolute Gasteiger partial charge is 0.267 e. The normalized spacial score (nSPS) is 12.8. The zero-order valence-corrected chi connectivity index (χ0v) is 14.1. The van der Waals surface area contributed by atoms with Gasteiger partial charge in [0.15, 0.2) is 10.7 Å². The van der Waals surface area contributed by atoms with Gasteiger partial charge in [-0.25, -0.2) is 8.42 Å². The summed E-state index contributed by atoms with van der Waals surface area (Å²) in [6, 6.07) is 13.9. The molecule has 0 fully saturated rings. The van der Waals surface area contributed by atoms with Crippen LogP contribution in [0.4, 0.5) is 5.69 Å². The van der Waals surface area contributed by atoms with Gasteiger partial charge in [-0.15, -0.1) is 0 Å². The molecule has 2 aromatic carbocycles. The third-order valence-corrected chi connectivity index (χ3v) is 5.91. The number of fused-ring (bicyclic) bond motifs is 3. The number of sulfonamides is 1. The molecule has 1 heterocycles. The van der Waals surface area contributed by atoms with Crippen LogP contribution in [0.25, 0.3) is 11.1 Å². The number of hydrogen-bond acceptors (Lipinski definition) is 4. The van der Waals surface area contributed by atoms with Gasteiger partial charge in [-0.05, 0) is 54.7 Å². The number of nitrogens with zero attached hydrogens (tertiary/aromatic N) is 1. The molecule has 122 valence electrons. The van der Waals surface area contributed by atoms with Crippen LogP contribution in [0.2, 0.25) is 0 Å². The fraction of sp³-hybridized carbons (Fsp3) is 0.167. The molecule has 0 radical (unpaired) electrons. The van der Waals surface area contributed by atoms with Crippen molar-refractivity contribution in [2.24, 2.45) is 0 Å². The Hall–Kier alpha value is -2.60. The van der Waals surface area contributed by atoms with Crippen molar-refractivity contribution in [2.45, 2.75) is 25.2 Å². The van der Waals surface area contributed by atoms with Gasteiger partial charge in [0, 0.05) is 5.69 Å². The number of hydrogen-bond donors (Lipinski definition) is 1. The third-order valence-electron chi connectivity index (χ3n) is 4.28. The Kier molecular flexibility index (Phi) is 3.25. The van der Waals surface area contributed by atoms with E-state index in [4.69, 9.17) is 4.52 Å². The molecule has 0 atom stereocenters. The van der Waals surface area contributed by atoms with Crippen molar-refractivity contribution in [3.63, 3.8) is 0 Å². The maximum absolute atomic E-state index is 12.6.